The van der Waals surface area contributed by atoms with E-state index in [2.05, 4.69) is 14.2 Å². The maximum absolute atomic E-state index is 10.7. The lowest BCUT2D eigenvalue weighted by atomic mass is 10.3. The van der Waals surface area contributed by atoms with Crippen LogP contribution < -0.4 is 0 Å². The Balaban J connectivity index is 0.000000181. The molecule has 0 bridgehead atoms. The fourth-order valence-electron chi connectivity index (χ4n) is 1.11. The van der Waals surface area contributed by atoms with Crippen LogP contribution in [0.15, 0.2) is 0 Å². The third-order valence-corrected chi connectivity index (χ3v) is 2.04. The summed E-state index contributed by atoms with van der Waals surface area (Å²) in [4.78, 5) is 31.3. The van der Waals surface area contributed by atoms with E-state index in [1.54, 1.807) is 0 Å². The summed E-state index contributed by atoms with van der Waals surface area (Å²) in [7, 11) is 0. The summed E-state index contributed by atoms with van der Waals surface area (Å²) in [5, 5.41) is 0. The predicted molar refractivity (Wildman–Crippen MR) is 51.3 cm³/mol. The van der Waals surface area contributed by atoms with Crippen molar-refractivity contribution in [2.45, 2.75) is 38.9 Å². The molecule has 6 heteroatoms. The van der Waals surface area contributed by atoms with Crippen molar-refractivity contribution >= 4 is 17.9 Å². The van der Waals surface area contributed by atoms with Crippen molar-refractivity contribution in [3.63, 3.8) is 0 Å². The third-order valence-electron chi connectivity index (χ3n) is 2.04. The Labute approximate surface area is 92.8 Å². The van der Waals surface area contributed by atoms with E-state index < -0.39 is 24.1 Å². The Kier molecular flexibility index (Phi) is 4.28. The highest BCUT2D eigenvalue weighted by molar-refractivity contribution is 5.86. The van der Waals surface area contributed by atoms with E-state index in [4.69, 9.17) is 0 Å². The first-order valence-corrected chi connectivity index (χ1v) is 5.07. The van der Waals surface area contributed by atoms with Crippen LogP contribution in [0, 0.1) is 0 Å². The van der Waals surface area contributed by atoms with Crippen molar-refractivity contribution in [3.8, 4) is 0 Å². The topological polar surface area (TPSA) is 78.9 Å². The molecule has 0 amide bonds. The number of hydrogen-bond donors (Lipinski definition) is 0. The zero-order chi connectivity index (χ0) is 12.1. The molecule has 0 spiro atoms. The summed E-state index contributed by atoms with van der Waals surface area (Å²) in [6.45, 7) is 3.59. The van der Waals surface area contributed by atoms with Crippen LogP contribution >= 0.6 is 0 Å². The maximum atomic E-state index is 10.7. The van der Waals surface area contributed by atoms with Gasteiger partial charge in [-0.05, 0) is 20.3 Å². The van der Waals surface area contributed by atoms with Gasteiger partial charge in [-0.15, -0.1) is 0 Å². The smallest absolute Gasteiger partial charge is 0.347 e. The van der Waals surface area contributed by atoms with Crippen molar-refractivity contribution in [1.29, 1.82) is 0 Å². The molecule has 2 aliphatic heterocycles. The highest BCUT2D eigenvalue weighted by Gasteiger charge is 2.32. The van der Waals surface area contributed by atoms with Gasteiger partial charge in [0.05, 0.1) is 6.61 Å². The molecular weight excluding hydrogens is 216 g/mol. The van der Waals surface area contributed by atoms with Crippen LogP contribution in [-0.4, -0.2) is 36.7 Å². The lowest BCUT2D eigenvalue weighted by molar-refractivity contribution is -0.191. The second-order valence-electron chi connectivity index (χ2n) is 3.48. The average Bonchev–Trinajstić information content (AvgIpc) is 2.67. The first kappa shape index (κ1) is 12.5. The van der Waals surface area contributed by atoms with Gasteiger partial charge in [0, 0.05) is 6.42 Å². The molecule has 0 aliphatic carbocycles. The SMILES string of the molecule is CC1OC(=O)C(C)OC1=O.O=C1CCCO1. The van der Waals surface area contributed by atoms with Gasteiger partial charge in [0.25, 0.3) is 0 Å². The minimum Gasteiger partial charge on any atom is -0.466 e. The molecule has 0 radical (unpaired) electrons. The molecule has 0 saturated carbocycles. The van der Waals surface area contributed by atoms with Gasteiger partial charge in [-0.25, -0.2) is 9.59 Å². The van der Waals surface area contributed by atoms with Crippen molar-refractivity contribution in [2.75, 3.05) is 6.61 Å². The van der Waals surface area contributed by atoms with Crippen LogP contribution in [0.2, 0.25) is 0 Å². The van der Waals surface area contributed by atoms with Gasteiger partial charge in [0.15, 0.2) is 12.2 Å². The molecule has 2 fully saturated rings. The first-order valence-electron chi connectivity index (χ1n) is 5.07. The molecule has 6 nitrogen and oxygen atoms in total. The number of hydrogen-bond acceptors (Lipinski definition) is 6. The molecule has 0 N–H and O–H groups in total. The van der Waals surface area contributed by atoms with Crippen molar-refractivity contribution in [2.24, 2.45) is 0 Å². The second kappa shape index (κ2) is 5.48. The molecule has 2 atom stereocenters. The fourth-order valence-corrected chi connectivity index (χ4v) is 1.11. The van der Waals surface area contributed by atoms with Crippen molar-refractivity contribution < 1.29 is 28.6 Å². The summed E-state index contributed by atoms with van der Waals surface area (Å²) in [6.07, 6.45) is 0.0474. The normalized spacial score (nSPS) is 28.5. The van der Waals surface area contributed by atoms with Crippen LogP contribution in [0.3, 0.4) is 0 Å². The third kappa shape index (κ3) is 3.52. The minimum atomic E-state index is -0.747. The highest BCUT2D eigenvalue weighted by atomic mass is 16.6. The van der Waals surface area contributed by atoms with Crippen LogP contribution in [0.5, 0.6) is 0 Å². The number of rotatable bonds is 0. The van der Waals surface area contributed by atoms with Gasteiger partial charge in [0.1, 0.15) is 0 Å². The molecule has 0 aromatic heterocycles. The summed E-state index contributed by atoms with van der Waals surface area (Å²) in [5.74, 6) is -1.01. The summed E-state index contributed by atoms with van der Waals surface area (Å²) >= 11 is 0. The highest BCUT2D eigenvalue weighted by Crippen LogP contribution is 2.08. The Morgan fingerprint density at radius 1 is 1.00 bits per heavy atom. The molecule has 2 heterocycles. The Morgan fingerprint density at radius 3 is 1.75 bits per heavy atom. The monoisotopic (exact) mass is 230 g/mol. The second-order valence-corrected chi connectivity index (χ2v) is 3.48. The standard InChI is InChI=1S/C6H8O4.C4H6O2/c1-3-5(7)10-4(2)6(8)9-3;5-4-2-1-3-6-4/h3-4H,1-2H3;1-3H2. The molecule has 2 rings (SSSR count). The molecule has 90 valence electrons. The summed E-state index contributed by atoms with van der Waals surface area (Å²) in [6, 6.07) is 0. The first-order chi connectivity index (χ1) is 7.50. The van der Waals surface area contributed by atoms with Gasteiger partial charge in [0.2, 0.25) is 0 Å². The number of ether oxygens (including phenoxy) is 3. The summed E-state index contributed by atoms with van der Waals surface area (Å²) < 4.78 is 13.7. The largest absolute Gasteiger partial charge is 0.466 e. The van der Waals surface area contributed by atoms with E-state index in [9.17, 15) is 14.4 Å². The lowest BCUT2D eigenvalue weighted by Crippen LogP contribution is -2.40. The Morgan fingerprint density at radius 2 is 1.50 bits per heavy atom. The van der Waals surface area contributed by atoms with E-state index in [1.165, 1.54) is 13.8 Å². The predicted octanol–water partition coefficient (Wildman–Crippen LogP) is 0.187. The van der Waals surface area contributed by atoms with Crippen LogP contribution in [-0.2, 0) is 28.6 Å². The van der Waals surface area contributed by atoms with Gasteiger partial charge < -0.3 is 14.2 Å². The number of carbonyl (C=O) groups is 3. The molecule has 0 aromatic rings. The maximum Gasteiger partial charge on any atom is 0.347 e. The fraction of sp³-hybridized carbons (Fsp3) is 0.700. The van der Waals surface area contributed by atoms with E-state index >= 15 is 0 Å². The Hall–Kier alpha value is -1.59. The van der Waals surface area contributed by atoms with Crippen LogP contribution in [0.1, 0.15) is 26.7 Å². The quantitative estimate of drug-likeness (QED) is 0.436. The van der Waals surface area contributed by atoms with E-state index in [-0.39, 0.29) is 5.97 Å². The minimum absolute atomic E-state index is 0.0463. The zero-order valence-electron chi connectivity index (χ0n) is 9.23. The lowest BCUT2D eigenvalue weighted by Gasteiger charge is -2.22. The molecule has 2 saturated heterocycles. The van der Waals surface area contributed by atoms with E-state index in [0.29, 0.717) is 13.0 Å². The molecule has 2 aliphatic rings. The zero-order valence-corrected chi connectivity index (χ0v) is 9.23. The molecule has 2 unspecified atom stereocenters. The number of esters is 3. The number of carbonyl (C=O) groups excluding carboxylic acids is 3. The molecule has 0 aromatic carbocycles. The summed E-state index contributed by atoms with van der Waals surface area (Å²) in [5.41, 5.74) is 0. The molecular formula is C10H14O6. The van der Waals surface area contributed by atoms with Crippen LogP contribution in [0.4, 0.5) is 0 Å². The number of cyclic esters (lactones) is 3. The van der Waals surface area contributed by atoms with E-state index in [0.717, 1.165) is 6.42 Å². The Bertz CT molecular complexity index is 270. The van der Waals surface area contributed by atoms with Gasteiger partial charge in [-0.2, -0.15) is 0 Å². The van der Waals surface area contributed by atoms with Crippen LogP contribution in [0.25, 0.3) is 0 Å². The van der Waals surface area contributed by atoms with Gasteiger partial charge >= 0.3 is 17.9 Å². The van der Waals surface area contributed by atoms with Gasteiger partial charge in [-0.1, -0.05) is 0 Å². The molecule has 16 heavy (non-hydrogen) atoms. The van der Waals surface area contributed by atoms with Crippen molar-refractivity contribution in [3.05, 3.63) is 0 Å². The van der Waals surface area contributed by atoms with Gasteiger partial charge in [-0.3, -0.25) is 4.79 Å². The van der Waals surface area contributed by atoms with E-state index in [1.807, 2.05) is 0 Å². The average molecular weight is 230 g/mol. The van der Waals surface area contributed by atoms with Crippen molar-refractivity contribution in [1.82, 2.24) is 0 Å².